The topological polar surface area (TPSA) is 51.0 Å². The number of aromatic nitrogens is 3. The number of hydrogen-bond acceptors (Lipinski definition) is 4. The second-order valence-corrected chi connectivity index (χ2v) is 6.80. The number of carbonyl (C=O) groups excluding carboxylic acids is 1. The normalized spacial score (nSPS) is 18.6. The predicted octanol–water partition coefficient (Wildman–Crippen LogP) is 2.83. The van der Waals surface area contributed by atoms with Crippen LogP contribution in [0.15, 0.2) is 24.1 Å². The summed E-state index contributed by atoms with van der Waals surface area (Å²) in [6, 6.07) is 0. The van der Waals surface area contributed by atoms with Crippen LogP contribution < -0.4 is 0 Å². The average molecular weight is 318 g/mol. The van der Waals surface area contributed by atoms with Gasteiger partial charge in [-0.1, -0.05) is 0 Å². The van der Waals surface area contributed by atoms with Gasteiger partial charge in [0.15, 0.2) is 0 Å². The Hall–Kier alpha value is -1.69. The molecule has 3 heterocycles. The molecule has 1 aliphatic heterocycles. The second-order valence-electron chi connectivity index (χ2n) is 5.91. The van der Waals surface area contributed by atoms with Crippen molar-refractivity contribution in [2.75, 3.05) is 13.1 Å². The number of piperidine rings is 1. The highest BCUT2D eigenvalue weighted by Crippen LogP contribution is 2.29. The summed E-state index contributed by atoms with van der Waals surface area (Å²) in [4.78, 5) is 23.0. The van der Waals surface area contributed by atoms with Gasteiger partial charge in [0, 0.05) is 55.4 Å². The molecule has 22 heavy (non-hydrogen) atoms. The summed E-state index contributed by atoms with van der Waals surface area (Å²) >= 11 is 1.73. The summed E-state index contributed by atoms with van der Waals surface area (Å²) in [7, 11) is 0. The van der Waals surface area contributed by atoms with E-state index in [-0.39, 0.29) is 5.91 Å². The first-order valence-corrected chi connectivity index (χ1v) is 8.76. The molecule has 0 bridgehead atoms. The number of hydrogen-bond donors (Lipinski definition) is 0. The Bertz CT molecular complexity index is 607. The zero-order chi connectivity index (χ0) is 15.4. The van der Waals surface area contributed by atoms with E-state index >= 15 is 0 Å². The van der Waals surface area contributed by atoms with Crippen LogP contribution in [0.3, 0.4) is 0 Å². The van der Waals surface area contributed by atoms with E-state index in [0.717, 1.165) is 44.6 Å². The Kier molecular flexibility index (Phi) is 4.87. The Morgan fingerprint density at radius 3 is 3.14 bits per heavy atom. The number of likely N-dealkylation sites (tertiary alicyclic amines) is 1. The zero-order valence-electron chi connectivity index (χ0n) is 12.9. The maximum Gasteiger partial charge on any atom is 0.222 e. The molecule has 6 heteroatoms. The number of nitrogens with zero attached hydrogens (tertiary/aromatic N) is 4. The Morgan fingerprint density at radius 1 is 1.50 bits per heavy atom. The first kappa shape index (κ1) is 15.2. The van der Waals surface area contributed by atoms with E-state index in [1.807, 2.05) is 22.6 Å². The third-order valence-electron chi connectivity index (χ3n) is 4.13. The molecule has 0 spiro atoms. The maximum atomic E-state index is 12.4. The van der Waals surface area contributed by atoms with Gasteiger partial charge in [-0.25, -0.2) is 9.97 Å². The number of imidazole rings is 1. The molecule has 1 saturated heterocycles. The Labute approximate surface area is 135 Å². The predicted molar refractivity (Wildman–Crippen MR) is 86.9 cm³/mol. The van der Waals surface area contributed by atoms with E-state index in [1.165, 1.54) is 5.01 Å². The lowest BCUT2D eigenvalue weighted by molar-refractivity contribution is -0.132. The summed E-state index contributed by atoms with van der Waals surface area (Å²) in [6.07, 6.45) is 9.21. The van der Waals surface area contributed by atoms with Crippen LogP contribution in [-0.2, 0) is 11.3 Å². The molecule has 0 radical (unpaired) electrons. The molecule has 0 aromatic carbocycles. The second kappa shape index (κ2) is 7.05. The van der Waals surface area contributed by atoms with Gasteiger partial charge in [-0.15, -0.1) is 11.3 Å². The lowest BCUT2D eigenvalue weighted by Gasteiger charge is -2.32. The quantitative estimate of drug-likeness (QED) is 0.852. The van der Waals surface area contributed by atoms with Crippen molar-refractivity contribution in [1.82, 2.24) is 19.4 Å². The first-order valence-electron chi connectivity index (χ1n) is 7.88. The summed E-state index contributed by atoms with van der Waals surface area (Å²) < 4.78 is 2.02. The minimum atomic E-state index is 0.276. The lowest BCUT2D eigenvalue weighted by Crippen LogP contribution is -2.39. The fourth-order valence-corrected chi connectivity index (χ4v) is 3.88. The van der Waals surface area contributed by atoms with Gasteiger partial charge in [0.1, 0.15) is 0 Å². The van der Waals surface area contributed by atoms with E-state index in [9.17, 15) is 4.79 Å². The fraction of sp³-hybridized carbons (Fsp3) is 0.562. The molecular formula is C16H22N4OS. The SMILES string of the molecule is Cc1csc([C@H]2CCCN(C(=O)CCCn3ccnc3)C2)n1. The van der Waals surface area contributed by atoms with Gasteiger partial charge in [0.05, 0.1) is 11.3 Å². The zero-order valence-corrected chi connectivity index (χ0v) is 13.8. The van der Waals surface area contributed by atoms with E-state index in [4.69, 9.17) is 0 Å². The molecule has 1 atom stereocenters. The van der Waals surface area contributed by atoms with Crippen molar-refractivity contribution in [3.63, 3.8) is 0 Å². The number of rotatable bonds is 5. The molecule has 0 unspecified atom stereocenters. The van der Waals surface area contributed by atoms with Crippen molar-refractivity contribution in [2.45, 2.75) is 45.1 Å². The molecule has 118 valence electrons. The molecule has 0 saturated carbocycles. The number of thiazole rings is 1. The third kappa shape index (κ3) is 3.74. The van der Waals surface area contributed by atoms with E-state index < -0.39 is 0 Å². The van der Waals surface area contributed by atoms with Crippen molar-refractivity contribution in [1.29, 1.82) is 0 Å². The van der Waals surface area contributed by atoms with Crippen LogP contribution in [-0.4, -0.2) is 38.4 Å². The van der Waals surface area contributed by atoms with Gasteiger partial charge in [0.25, 0.3) is 0 Å². The monoisotopic (exact) mass is 318 g/mol. The van der Waals surface area contributed by atoms with Crippen LogP contribution in [0.25, 0.3) is 0 Å². The number of aryl methyl sites for hydroxylation is 2. The fourth-order valence-electron chi connectivity index (χ4n) is 2.95. The Balaban J connectivity index is 1.49. The van der Waals surface area contributed by atoms with E-state index in [0.29, 0.717) is 12.3 Å². The van der Waals surface area contributed by atoms with Crippen LogP contribution in [0.4, 0.5) is 0 Å². The van der Waals surface area contributed by atoms with E-state index in [1.54, 1.807) is 23.9 Å². The molecule has 1 aliphatic rings. The van der Waals surface area contributed by atoms with Crippen LogP contribution in [0.5, 0.6) is 0 Å². The molecule has 5 nitrogen and oxygen atoms in total. The standard InChI is InChI=1S/C16H22N4OS/c1-13-11-22-16(18-13)14-4-2-8-20(10-14)15(21)5-3-7-19-9-6-17-12-19/h6,9,11-12,14H,2-5,7-8,10H2,1H3/t14-/m0/s1. The van der Waals surface area contributed by atoms with Crippen LogP contribution in [0.2, 0.25) is 0 Å². The molecule has 1 fully saturated rings. The maximum absolute atomic E-state index is 12.4. The van der Waals surface area contributed by atoms with Gasteiger partial charge >= 0.3 is 0 Å². The number of carbonyl (C=O) groups is 1. The first-order chi connectivity index (χ1) is 10.7. The van der Waals surface area contributed by atoms with Crippen molar-refractivity contribution >= 4 is 17.2 Å². The highest BCUT2D eigenvalue weighted by atomic mass is 32.1. The Morgan fingerprint density at radius 2 is 2.41 bits per heavy atom. The van der Waals surface area contributed by atoms with Gasteiger partial charge in [-0.3, -0.25) is 4.79 Å². The molecular weight excluding hydrogens is 296 g/mol. The minimum Gasteiger partial charge on any atom is -0.342 e. The van der Waals surface area contributed by atoms with Crippen LogP contribution >= 0.6 is 11.3 Å². The third-order valence-corrected chi connectivity index (χ3v) is 5.25. The lowest BCUT2D eigenvalue weighted by atomic mass is 9.98. The van der Waals surface area contributed by atoms with Gasteiger partial charge in [0.2, 0.25) is 5.91 Å². The molecule has 0 aliphatic carbocycles. The minimum absolute atomic E-state index is 0.276. The van der Waals surface area contributed by atoms with Gasteiger partial charge in [-0.05, 0) is 26.2 Å². The van der Waals surface area contributed by atoms with Crippen LogP contribution in [0, 0.1) is 6.92 Å². The van der Waals surface area contributed by atoms with Crippen molar-refractivity contribution in [3.05, 3.63) is 34.8 Å². The molecule has 3 rings (SSSR count). The summed E-state index contributed by atoms with van der Waals surface area (Å²) in [6.45, 7) is 4.61. The highest BCUT2D eigenvalue weighted by Gasteiger charge is 2.26. The van der Waals surface area contributed by atoms with Crippen molar-refractivity contribution in [2.24, 2.45) is 0 Å². The largest absolute Gasteiger partial charge is 0.342 e. The molecule has 2 aromatic heterocycles. The summed E-state index contributed by atoms with van der Waals surface area (Å²) in [5, 5.41) is 3.29. The van der Waals surface area contributed by atoms with Crippen molar-refractivity contribution in [3.8, 4) is 0 Å². The van der Waals surface area contributed by atoms with E-state index in [2.05, 4.69) is 15.3 Å². The smallest absolute Gasteiger partial charge is 0.222 e. The van der Waals surface area contributed by atoms with Gasteiger partial charge < -0.3 is 9.47 Å². The summed E-state index contributed by atoms with van der Waals surface area (Å²) in [5.41, 5.74) is 1.09. The van der Waals surface area contributed by atoms with Crippen molar-refractivity contribution < 1.29 is 4.79 Å². The summed E-state index contributed by atoms with van der Waals surface area (Å²) in [5.74, 6) is 0.697. The number of amides is 1. The average Bonchev–Trinajstić information content (AvgIpc) is 3.19. The highest BCUT2D eigenvalue weighted by molar-refractivity contribution is 7.09. The molecule has 1 amide bonds. The molecule has 2 aromatic rings. The van der Waals surface area contributed by atoms with Crippen LogP contribution in [0.1, 0.15) is 42.3 Å². The molecule has 0 N–H and O–H groups in total. The van der Waals surface area contributed by atoms with Gasteiger partial charge in [-0.2, -0.15) is 0 Å².